The molecule has 0 atom stereocenters. The quantitative estimate of drug-likeness (QED) is 0.864. The summed E-state index contributed by atoms with van der Waals surface area (Å²) in [6, 6.07) is 1.91. The first-order valence-corrected chi connectivity index (χ1v) is 8.56. The zero-order valence-corrected chi connectivity index (χ0v) is 13.5. The summed E-state index contributed by atoms with van der Waals surface area (Å²) in [7, 11) is 0. The molecular formula is C15H18N4O3S. The van der Waals surface area contributed by atoms with Gasteiger partial charge in [-0.15, -0.1) is 0 Å². The van der Waals surface area contributed by atoms with Crippen LogP contribution in [-0.2, 0) is 16.0 Å². The van der Waals surface area contributed by atoms with Crippen LogP contribution in [0.2, 0.25) is 0 Å². The van der Waals surface area contributed by atoms with E-state index in [2.05, 4.69) is 15.5 Å². The van der Waals surface area contributed by atoms with Crippen molar-refractivity contribution in [1.29, 1.82) is 0 Å². The second-order valence-electron chi connectivity index (χ2n) is 5.39. The van der Waals surface area contributed by atoms with Crippen molar-refractivity contribution in [2.24, 2.45) is 0 Å². The molecule has 1 N–H and O–H groups in total. The summed E-state index contributed by atoms with van der Waals surface area (Å²) in [5.74, 6) is 0.749. The van der Waals surface area contributed by atoms with Gasteiger partial charge in [-0.3, -0.25) is 9.59 Å². The molecule has 2 aromatic rings. The van der Waals surface area contributed by atoms with Crippen LogP contribution in [0.15, 0.2) is 21.3 Å². The number of nitrogens with zero attached hydrogens (tertiary/aromatic N) is 3. The van der Waals surface area contributed by atoms with Gasteiger partial charge in [0.1, 0.15) is 0 Å². The molecule has 2 aromatic heterocycles. The highest BCUT2D eigenvalue weighted by Gasteiger charge is 2.18. The van der Waals surface area contributed by atoms with Crippen LogP contribution in [0.1, 0.15) is 25.2 Å². The van der Waals surface area contributed by atoms with Gasteiger partial charge < -0.3 is 14.7 Å². The van der Waals surface area contributed by atoms with Crippen molar-refractivity contribution in [2.75, 3.05) is 19.6 Å². The molecule has 3 heterocycles. The van der Waals surface area contributed by atoms with E-state index in [1.54, 1.807) is 16.2 Å². The van der Waals surface area contributed by atoms with Crippen molar-refractivity contribution in [3.8, 4) is 11.4 Å². The second kappa shape index (κ2) is 7.36. The molecule has 23 heavy (non-hydrogen) atoms. The Morgan fingerprint density at radius 1 is 1.35 bits per heavy atom. The van der Waals surface area contributed by atoms with Crippen molar-refractivity contribution in [1.82, 2.24) is 20.4 Å². The number of hydrogen-bond acceptors (Lipinski definition) is 6. The van der Waals surface area contributed by atoms with Crippen molar-refractivity contribution < 1.29 is 14.1 Å². The number of carbonyl (C=O) groups excluding carboxylic acids is 2. The normalized spacial score (nSPS) is 14.2. The molecule has 0 bridgehead atoms. The standard InChI is InChI=1S/C15H18N4O3S/c20-12(16-9-14(21)19-6-1-2-7-19)3-4-13-17-15(18-22-13)11-5-8-23-10-11/h5,8,10H,1-4,6-7,9H2,(H,16,20). The van der Waals surface area contributed by atoms with E-state index in [0.29, 0.717) is 18.1 Å². The van der Waals surface area contributed by atoms with E-state index in [9.17, 15) is 9.59 Å². The van der Waals surface area contributed by atoms with E-state index in [0.717, 1.165) is 31.5 Å². The predicted molar refractivity (Wildman–Crippen MR) is 84.8 cm³/mol. The van der Waals surface area contributed by atoms with Crippen molar-refractivity contribution in [2.45, 2.75) is 25.7 Å². The van der Waals surface area contributed by atoms with Crippen LogP contribution in [0, 0.1) is 0 Å². The van der Waals surface area contributed by atoms with Crippen LogP contribution in [0.4, 0.5) is 0 Å². The molecule has 0 spiro atoms. The highest BCUT2D eigenvalue weighted by Crippen LogP contribution is 2.18. The van der Waals surface area contributed by atoms with Crippen LogP contribution >= 0.6 is 11.3 Å². The molecule has 0 unspecified atom stereocenters. The van der Waals surface area contributed by atoms with Gasteiger partial charge >= 0.3 is 0 Å². The summed E-state index contributed by atoms with van der Waals surface area (Å²) >= 11 is 1.56. The van der Waals surface area contributed by atoms with Crippen molar-refractivity contribution in [3.05, 3.63) is 22.7 Å². The minimum Gasteiger partial charge on any atom is -0.347 e. The highest BCUT2D eigenvalue weighted by molar-refractivity contribution is 7.08. The Labute approximate surface area is 137 Å². The Morgan fingerprint density at radius 3 is 2.91 bits per heavy atom. The van der Waals surface area contributed by atoms with Gasteiger partial charge in [0.2, 0.25) is 23.5 Å². The minimum absolute atomic E-state index is 0.0200. The van der Waals surface area contributed by atoms with Crippen LogP contribution in [0.3, 0.4) is 0 Å². The molecule has 1 aliphatic heterocycles. The zero-order valence-electron chi connectivity index (χ0n) is 12.7. The fraction of sp³-hybridized carbons (Fsp3) is 0.467. The highest BCUT2D eigenvalue weighted by atomic mass is 32.1. The second-order valence-corrected chi connectivity index (χ2v) is 6.17. The Kier molecular flexibility index (Phi) is 5.02. The van der Waals surface area contributed by atoms with Crippen molar-refractivity contribution in [3.63, 3.8) is 0 Å². The number of nitrogens with one attached hydrogen (secondary N) is 1. The Balaban J connectivity index is 1.41. The topological polar surface area (TPSA) is 88.3 Å². The smallest absolute Gasteiger partial charge is 0.241 e. The molecule has 1 fully saturated rings. The number of likely N-dealkylation sites (tertiary alicyclic amines) is 1. The molecule has 0 radical (unpaired) electrons. The first-order chi connectivity index (χ1) is 11.2. The molecule has 0 aromatic carbocycles. The molecule has 0 aliphatic carbocycles. The number of aromatic nitrogens is 2. The number of hydrogen-bond donors (Lipinski definition) is 1. The number of thiophene rings is 1. The van der Waals surface area contributed by atoms with Gasteiger partial charge in [-0.05, 0) is 24.3 Å². The maximum Gasteiger partial charge on any atom is 0.241 e. The Hall–Kier alpha value is -2.22. The third-order valence-corrected chi connectivity index (χ3v) is 4.39. The van der Waals surface area contributed by atoms with Gasteiger partial charge in [0.25, 0.3) is 0 Å². The molecule has 122 valence electrons. The fourth-order valence-corrected chi connectivity index (χ4v) is 3.06. The Bertz CT molecular complexity index is 662. The SMILES string of the molecule is O=C(CCc1nc(-c2ccsc2)no1)NCC(=O)N1CCCC1. The zero-order chi connectivity index (χ0) is 16.1. The third kappa shape index (κ3) is 4.16. The van der Waals surface area contributed by atoms with E-state index in [1.165, 1.54) is 0 Å². The first-order valence-electron chi connectivity index (χ1n) is 7.62. The predicted octanol–water partition coefficient (Wildman–Crippen LogP) is 1.47. The van der Waals surface area contributed by atoms with E-state index in [1.807, 2.05) is 16.8 Å². The lowest BCUT2D eigenvalue weighted by molar-refractivity contribution is -0.132. The first kappa shape index (κ1) is 15.7. The third-order valence-electron chi connectivity index (χ3n) is 3.71. The van der Waals surface area contributed by atoms with Crippen LogP contribution < -0.4 is 5.32 Å². The number of amides is 2. The van der Waals surface area contributed by atoms with Crippen molar-refractivity contribution >= 4 is 23.2 Å². The van der Waals surface area contributed by atoms with Gasteiger partial charge in [-0.25, -0.2) is 0 Å². The average molecular weight is 334 g/mol. The van der Waals surface area contributed by atoms with Gasteiger partial charge in [-0.1, -0.05) is 5.16 Å². The summed E-state index contributed by atoms with van der Waals surface area (Å²) in [5.41, 5.74) is 0.908. The summed E-state index contributed by atoms with van der Waals surface area (Å²) < 4.78 is 5.13. The molecule has 0 saturated carbocycles. The Morgan fingerprint density at radius 2 is 2.17 bits per heavy atom. The van der Waals surface area contributed by atoms with E-state index in [4.69, 9.17) is 4.52 Å². The summed E-state index contributed by atoms with van der Waals surface area (Å²) in [4.78, 5) is 29.7. The number of carbonyl (C=O) groups is 2. The average Bonchev–Trinajstić information content (AvgIpc) is 3.32. The summed E-state index contributed by atoms with van der Waals surface area (Å²) in [6.45, 7) is 1.65. The lowest BCUT2D eigenvalue weighted by atomic mass is 10.3. The minimum atomic E-state index is -0.187. The van der Waals surface area contributed by atoms with Gasteiger partial charge in [0.15, 0.2) is 0 Å². The van der Waals surface area contributed by atoms with Crippen LogP contribution in [0.25, 0.3) is 11.4 Å². The van der Waals surface area contributed by atoms with Gasteiger partial charge in [0, 0.05) is 36.9 Å². The van der Waals surface area contributed by atoms with Gasteiger partial charge in [0.05, 0.1) is 6.54 Å². The van der Waals surface area contributed by atoms with E-state index >= 15 is 0 Å². The fourth-order valence-electron chi connectivity index (χ4n) is 2.43. The molecule has 1 saturated heterocycles. The van der Waals surface area contributed by atoms with Crippen LogP contribution in [-0.4, -0.2) is 46.5 Å². The maximum atomic E-state index is 11.8. The molecular weight excluding hydrogens is 316 g/mol. The monoisotopic (exact) mass is 334 g/mol. The largest absolute Gasteiger partial charge is 0.347 e. The summed E-state index contributed by atoms with van der Waals surface area (Å²) in [5, 5.41) is 10.4. The van der Waals surface area contributed by atoms with Crippen LogP contribution in [0.5, 0.6) is 0 Å². The molecule has 1 aliphatic rings. The van der Waals surface area contributed by atoms with E-state index in [-0.39, 0.29) is 24.8 Å². The molecule has 2 amide bonds. The van der Waals surface area contributed by atoms with Gasteiger partial charge in [-0.2, -0.15) is 16.3 Å². The lowest BCUT2D eigenvalue weighted by Crippen LogP contribution is -2.38. The molecule has 8 heteroatoms. The summed E-state index contributed by atoms with van der Waals surface area (Å²) in [6.07, 6.45) is 2.67. The molecule has 7 nitrogen and oxygen atoms in total. The maximum absolute atomic E-state index is 11.8. The lowest BCUT2D eigenvalue weighted by Gasteiger charge is -2.15. The van der Waals surface area contributed by atoms with E-state index < -0.39 is 0 Å². The molecule has 3 rings (SSSR count). The number of rotatable bonds is 6. The number of aryl methyl sites for hydroxylation is 1.